The van der Waals surface area contributed by atoms with Crippen molar-refractivity contribution in [3.8, 4) is 0 Å². The van der Waals surface area contributed by atoms with Gasteiger partial charge in [-0.25, -0.2) is 4.79 Å². The van der Waals surface area contributed by atoms with Gasteiger partial charge in [-0.2, -0.15) is 0 Å². The maximum absolute atomic E-state index is 10.8. The Bertz CT molecular complexity index is 440. The number of rotatable bonds is 3. The van der Waals surface area contributed by atoms with E-state index in [-0.39, 0.29) is 29.6 Å². The first-order valence-electron chi connectivity index (χ1n) is 5.14. The van der Waals surface area contributed by atoms with Crippen molar-refractivity contribution in [2.45, 2.75) is 6.54 Å². The van der Waals surface area contributed by atoms with Gasteiger partial charge in [-0.3, -0.25) is 0 Å². The third kappa shape index (κ3) is 4.04. The van der Waals surface area contributed by atoms with Gasteiger partial charge in [-0.05, 0) is 23.9 Å². The molecule has 0 saturated carbocycles. The summed E-state index contributed by atoms with van der Waals surface area (Å²) in [6.07, 6.45) is 5.33. The van der Waals surface area contributed by atoms with E-state index in [1.165, 1.54) is 5.56 Å². The standard InChI is InChI=1S/C13H13NO2.Na/c15-13(16)12-7-4-8-14(10-12)9-11-5-2-1-3-6-11;/h1-8H,9-10H2,(H,15,16);. The van der Waals surface area contributed by atoms with Crippen LogP contribution in [-0.2, 0) is 11.3 Å². The van der Waals surface area contributed by atoms with E-state index in [2.05, 4.69) is 0 Å². The summed E-state index contributed by atoms with van der Waals surface area (Å²) >= 11 is 0. The van der Waals surface area contributed by atoms with Crippen molar-refractivity contribution in [1.29, 1.82) is 0 Å². The molecule has 4 heteroatoms. The smallest absolute Gasteiger partial charge is 0.333 e. The average molecular weight is 238 g/mol. The first-order valence-corrected chi connectivity index (χ1v) is 5.14. The van der Waals surface area contributed by atoms with Gasteiger partial charge >= 0.3 is 5.97 Å². The maximum atomic E-state index is 10.8. The Kier molecular flexibility index (Phi) is 5.48. The Morgan fingerprint density at radius 1 is 1.29 bits per heavy atom. The Labute approximate surface area is 123 Å². The molecular formula is C13H13NNaO2. The zero-order valence-electron chi connectivity index (χ0n) is 9.84. The van der Waals surface area contributed by atoms with E-state index in [1.54, 1.807) is 12.2 Å². The molecular weight excluding hydrogens is 225 g/mol. The molecule has 1 aliphatic rings. The van der Waals surface area contributed by atoms with Crippen LogP contribution in [0.5, 0.6) is 0 Å². The van der Waals surface area contributed by atoms with Crippen LogP contribution >= 0.6 is 0 Å². The second kappa shape index (κ2) is 6.64. The van der Waals surface area contributed by atoms with Crippen LogP contribution in [0.15, 0.2) is 54.3 Å². The summed E-state index contributed by atoms with van der Waals surface area (Å²) in [5.41, 5.74) is 1.61. The molecule has 0 aliphatic carbocycles. The third-order valence-corrected chi connectivity index (χ3v) is 2.47. The molecule has 1 radical (unpaired) electrons. The van der Waals surface area contributed by atoms with Gasteiger partial charge in [0.25, 0.3) is 0 Å². The molecule has 1 heterocycles. The molecule has 1 N–H and O–H groups in total. The summed E-state index contributed by atoms with van der Waals surface area (Å²) in [4.78, 5) is 12.8. The number of benzene rings is 1. The number of hydrogen-bond acceptors (Lipinski definition) is 2. The third-order valence-electron chi connectivity index (χ3n) is 2.47. The predicted octanol–water partition coefficient (Wildman–Crippen LogP) is 1.65. The molecule has 0 atom stereocenters. The molecule has 0 bridgehead atoms. The molecule has 2 rings (SSSR count). The fourth-order valence-electron chi connectivity index (χ4n) is 1.67. The topological polar surface area (TPSA) is 40.5 Å². The van der Waals surface area contributed by atoms with Gasteiger partial charge in [-0.15, -0.1) is 0 Å². The first-order chi connectivity index (χ1) is 7.75. The molecule has 0 saturated heterocycles. The summed E-state index contributed by atoms with van der Waals surface area (Å²) in [6.45, 7) is 1.20. The number of carboxylic acid groups (broad SMARTS) is 1. The van der Waals surface area contributed by atoms with Crippen molar-refractivity contribution in [2.75, 3.05) is 6.54 Å². The fraction of sp³-hybridized carbons (Fsp3) is 0.154. The Morgan fingerprint density at radius 2 is 2.00 bits per heavy atom. The molecule has 0 fully saturated rings. The van der Waals surface area contributed by atoms with Gasteiger partial charge in [0.05, 0.1) is 5.57 Å². The number of hydrogen-bond donors (Lipinski definition) is 1. The van der Waals surface area contributed by atoms with Crippen molar-refractivity contribution in [3.63, 3.8) is 0 Å². The van der Waals surface area contributed by atoms with E-state index in [4.69, 9.17) is 5.11 Å². The second-order valence-electron chi connectivity index (χ2n) is 3.73. The Morgan fingerprint density at radius 3 is 2.65 bits per heavy atom. The van der Waals surface area contributed by atoms with Gasteiger partial charge < -0.3 is 10.0 Å². The minimum Gasteiger partial charge on any atom is -0.478 e. The van der Waals surface area contributed by atoms with Crippen LogP contribution in [-0.4, -0.2) is 52.1 Å². The van der Waals surface area contributed by atoms with Crippen molar-refractivity contribution in [2.24, 2.45) is 0 Å². The van der Waals surface area contributed by atoms with Crippen molar-refractivity contribution >= 4 is 35.5 Å². The number of aliphatic carboxylic acids is 1. The van der Waals surface area contributed by atoms with Crippen molar-refractivity contribution < 1.29 is 9.90 Å². The van der Waals surface area contributed by atoms with Crippen LogP contribution in [0.2, 0.25) is 0 Å². The van der Waals surface area contributed by atoms with Gasteiger partial charge in [0.1, 0.15) is 0 Å². The predicted molar refractivity (Wildman–Crippen MR) is 67.5 cm³/mol. The molecule has 0 aromatic heterocycles. The van der Waals surface area contributed by atoms with Gasteiger partial charge in [0, 0.05) is 42.6 Å². The zero-order chi connectivity index (χ0) is 11.4. The number of allylic oxidation sites excluding steroid dienone is 2. The van der Waals surface area contributed by atoms with E-state index in [1.807, 2.05) is 41.4 Å². The molecule has 17 heavy (non-hydrogen) atoms. The molecule has 83 valence electrons. The zero-order valence-corrected chi connectivity index (χ0v) is 11.8. The molecule has 0 spiro atoms. The number of nitrogens with zero attached hydrogens (tertiary/aromatic N) is 1. The number of carbonyl (C=O) groups is 1. The van der Waals surface area contributed by atoms with Crippen LogP contribution in [0.1, 0.15) is 5.56 Å². The largest absolute Gasteiger partial charge is 0.478 e. The van der Waals surface area contributed by atoms with E-state index >= 15 is 0 Å². The van der Waals surface area contributed by atoms with E-state index in [0.29, 0.717) is 12.1 Å². The minimum atomic E-state index is -0.845. The molecule has 0 amide bonds. The van der Waals surface area contributed by atoms with Crippen LogP contribution in [0.3, 0.4) is 0 Å². The first kappa shape index (κ1) is 14.0. The summed E-state index contributed by atoms with van der Waals surface area (Å²) in [5, 5.41) is 8.89. The fourth-order valence-corrected chi connectivity index (χ4v) is 1.67. The molecule has 3 nitrogen and oxygen atoms in total. The summed E-state index contributed by atoms with van der Waals surface area (Å²) < 4.78 is 0. The summed E-state index contributed by atoms with van der Waals surface area (Å²) in [5.74, 6) is -0.845. The molecule has 0 unspecified atom stereocenters. The van der Waals surface area contributed by atoms with Gasteiger partial charge in [0.15, 0.2) is 0 Å². The van der Waals surface area contributed by atoms with Gasteiger partial charge in [0.2, 0.25) is 0 Å². The SMILES string of the molecule is O=C(O)C1=CC=CN(Cc2ccccc2)C1.[Na]. The molecule has 1 aromatic carbocycles. The van der Waals surface area contributed by atoms with Crippen LogP contribution in [0.4, 0.5) is 0 Å². The van der Waals surface area contributed by atoms with Crippen LogP contribution < -0.4 is 0 Å². The molecule has 1 aromatic rings. The van der Waals surface area contributed by atoms with Crippen LogP contribution in [0, 0.1) is 0 Å². The summed E-state index contributed by atoms with van der Waals surface area (Å²) in [6, 6.07) is 10.0. The second-order valence-corrected chi connectivity index (χ2v) is 3.73. The van der Waals surface area contributed by atoms with Crippen LogP contribution in [0.25, 0.3) is 0 Å². The molecule has 1 aliphatic heterocycles. The maximum Gasteiger partial charge on any atom is 0.333 e. The van der Waals surface area contributed by atoms with Gasteiger partial charge in [-0.1, -0.05) is 30.3 Å². The van der Waals surface area contributed by atoms with E-state index < -0.39 is 5.97 Å². The average Bonchev–Trinajstić information content (AvgIpc) is 2.30. The Balaban J connectivity index is 0.00000144. The summed E-state index contributed by atoms with van der Waals surface area (Å²) in [7, 11) is 0. The van der Waals surface area contributed by atoms with Crippen molar-refractivity contribution in [1.82, 2.24) is 4.90 Å². The normalized spacial score (nSPS) is 13.9. The van der Waals surface area contributed by atoms with Crippen molar-refractivity contribution in [3.05, 3.63) is 59.8 Å². The van der Waals surface area contributed by atoms with E-state index in [0.717, 1.165) is 6.54 Å². The Hall–Kier alpha value is -1.03. The van der Waals surface area contributed by atoms with E-state index in [9.17, 15) is 4.79 Å². The monoisotopic (exact) mass is 238 g/mol. The number of carboxylic acids is 1. The quantitative estimate of drug-likeness (QED) is 0.814. The minimum absolute atomic E-state index is 0.